The van der Waals surface area contributed by atoms with Gasteiger partial charge in [0.25, 0.3) is 0 Å². The lowest BCUT2D eigenvalue weighted by atomic mass is 9.93. The average molecular weight is 266 g/mol. The van der Waals surface area contributed by atoms with Crippen molar-refractivity contribution in [1.29, 1.82) is 0 Å². The normalized spacial score (nSPS) is 29.7. The van der Waals surface area contributed by atoms with Crippen LogP contribution in [0.15, 0.2) is 0 Å². The van der Waals surface area contributed by atoms with E-state index in [9.17, 15) is 0 Å². The van der Waals surface area contributed by atoms with Gasteiger partial charge in [-0.3, -0.25) is 0 Å². The van der Waals surface area contributed by atoms with Crippen molar-refractivity contribution in [1.82, 2.24) is 10.3 Å². The molecule has 18 heavy (non-hydrogen) atoms. The maximum absolute atomic E-state index is 4.54. The molecule has 4 atom stereocenters. The lowest BCUT2D eigenvalue weighted by Crippen LogP contribution is -2.34. The standard InChI is InChI=1S/C15H26N2S/c1-6-13-7-8-14(9(13)2)17-11(4)15-10(3)16-12(5)18-15/h9,11,13-14,17H,6-8H2,1-5H3. The highest BCUT2D eigenvalue weighted by Crippen LogP contribution is 2.35. The number of nitrogens with zero attached hydrogens (tertiary/aromatic N) is 1. The summed E-state index contributed by atoms with van der Waals surface area (Å²) in [5, 5.41) is 5.02. The van der Waals surface area contributed by atoms with Crippen molar-refractivity contribution < 1.29 is 0 Å². The van der Waals surface area contributed by atoms with E-state index in [1.807, 2.05) is 11.3 Å². The molecule has 1 N–H and O–H groups in total. The Labute approximate surface area is 115 Å². The Bertz CT molecular complexity index is 399. The van der Waals surface area contributed by atoms with Crippen molar-refractivity contribution in [2.45, 2.75) is 66.0 Å². The van der Waals surface area contributed by atoms with Gasteiger partial charge < -0.3 is 5.32 Å². The molecule has 0 amide bonds. The molecule has 1 saturated carbocycles. The van der Waals surface area contributed by atoms with Crippen LogP contribution in [-0.2, 0) is 0 Å². The predicted molar refractivity (Wildman–Crippen MR) is 79.1 cm³/mol. The molecule has 0 aromatic carbocycles. The number of thiazole rings is 1. The van der Waals surface area contributed by atoms with E-state index in [0.717, 1.165) is 11.8 Å². The van der Waals surface area contributed by atoms with Crippen LogP contribution in [-0.4, -0.2) is 11.0 Å². The van der Waals surface area contributed by atoms with Crippen LogP contribution in [0.2, 0.25) is 0 Å². The van der Waals surface area contributed by atoms with Gasteiger partial charge in [-0.05, 0) is 45.4 Å². The summed E-state index contributed by atoms with van der Waals surface area (Å²) in [6.45, 7) is 11.2. The number of aryl methyl sites for hydroxylation is 2. The molecule has 102 valence electrons. The van der Waals surface area contributed by atoms with Crippen LogP contribution in [0.3, 0.4) is 0 Å². The zero-order chi connectivity index (χ0) is 13.3. The molecular formula is C15H26N2S. The fourth-order valence-corrected chi connectivity index (χ4v) is 4.34. The highest BCUT2D eigenvalue weighted by atomic mass is 32.1. The second kappa shape index (κ2) is 5.70. The first kappa shape index (κ1) is 14.0. The van der Waals surface area contributed by atoms with Crippen molar-refractivity contribution in [2.24, 2.45) is 11.8 Å². The smallest absolute Gasteiger partial charge is 0.0900 e. The first-order chi connectivity index (χ1) is 8.52. The molecule has 2 rings (SSSR count). The summed E-state index contributed by atoms with van der Waals surface area (Å²) in [6, 6.07) is 1.13. The highest BCUT2D eigenvalue weighted by Gasteiger charge is 2.32. The van der Waals surface area contributed by atoms with Crippen LogP contribution in [0.25, 0.3) is 0 Å². The Balaban J connectivity index is 2.00. The third-order valence-corrected chi connectivity index (χ3v) is 5.80. The summed E-state index contributed by atoms with van der Waals surface area (Å²) in [7, 11) is 0. The van der Waals surface area contributed by atoms with Gasteiger partial charge in [0.1, 0.15) is 0 Å². The van der Waals surface area contributed by atoms with Crippen LogP contribution in [0.1, 0.15) is 61.7 Å². The molecule has 0 aliphatic heterocycles. The Kier molecular flexibility index (Phi) is 4.44. The fourth-order valence-electron chi connectivity index (χ4n) is 3.40. The van der Waals surface area contributed by atoms with Crippen LogP contribution in [0, 0.1) is 25.7 Å². The maximum atomic E-state index is 4.54. The van der Waals surface area contributed by atoms with Crippen molar-refractivity contribution >= 4 is 11.3 Å². The van der Waals surface area contributed by atoms with E-state index in [0.29, 0.717) is 12.1 Å². The van der Waals surface area contributed by atoms with Crippen molar-refractivity contribution in [3.8, 4) is 0 Å². The molecule has 0 radical (unpaired) electrons. The Morgan fingerprint density at radius 2 is 2.11 bits per heavy atom. The van der Waals surface area contributed by atoms with E-state index in [2.05, 4.69) is 44.9 Å². The third kappa shape index (κ3) is 2.77. The molecule has 0 spiro atoms. The molecule has 1 heterocycles. The SMILES string of the molecule is CCC1CCC(NC(C)c2sc(C)nc2C)C1C. The zero-order valence-electron chi connectivity index (χ0n) is 12.3. The van der Waals surface area contributed by atoms with Crippen LogP contribution in [0.5, 0.6) is 0 Å². The van der Waals surface area contributed by atoms with Crippen LogP contribution < -0.4 is 5.32 Å². The number of rotatable bonds is 4. The quantitative estimate of drug-likeness (QED) is 0.882. The number of hydrogen-bond acceptors (Lipinski definition) is 3. The van der Waals surface area contributed by atoms with E-state index >= 15 is 0 Å². The minimum Gasteiger partial charge on any atom is -0.306 e. The van der Waals surface area contributed by atoms with Crippen LogP contribution >= 0.6 is 11.3 Å². The molecule has 1 aliphatic carbocycles. The van der Waals surface area contributed by atoms with Gasteiger partial charge >= 0.3 is 0 Å². The summed E-state index contributed by atoms with van der Waals surface area (Å²) in [4.78, 5) is 5.95. The minimum absolute atomic E-state index is 0.444. The van der Waals surface area contributed by atoms with E-state index < -0.39 is 0 Å². The lowest BCUT2D eigenvalue weighted by molar-refractivity contribution is 0.328. The first-order valence-corrected chi connectivity index (χ1v) is 8.04. The molecule has 0 bridgehead atoms. The second-order valence-corrected chi connectivity index (χ2v) is 7.02. The van der Waals surface area contributed by atoms with Gasteiger partial charge in [0.2, 0.25) is 0 Å². The summed E-state index contributed by atoms with van der Waals surface area (Å²) in [6.07, 6.45) is 4.05. The van der Waals surface area contributed by atoms with E-state index in [-0.39, 0.29) is 0 Å². The lowest BCUT2D eigenvalue weighted by Gasteiger charge is -2.24. The van der Waals surface area contributed by atoms with Gasteiger partial charge in [0.15, 0.2) is 0 Å². The topological polar surface area (TPSA) is 24.9 Å². The number of hydrogen-bond donors (Lipinski definition) is 1. The Morgan fingerprint density at radius 3 is 2.61 bits per heavy atom. The van der Waals surface area contributed by atoms with E-state index in [4.69, 9.17) is 0 Å². The monoisotopic (exact) mass is 266 g/mol. The van der Waals surface area contributed by atoms with Crippen molar-refractivity contribution in [2.75, 3.05) is 0 Å². The molecule has 2 nitrogen and oxygen atoms in total. The van der Waals surface area contributed by atoms with Crippen LogP contribution in [0.4, 0.5) is 0 Å². The molecule has 4 unspecified atom stereocenters. The largest absolute Gasteiger partial charge is 0.306 e. The van der Waals surface area contributed by atoms with Gasteiger partial charge in [0.05, 0.1) is 10.7 Å². The summed E-state index contributed by atoms with van der Waals surface area (Å²) in [5.74, 6) is 1.73. The Hall–Kier alpha value is -0.410. The molecular weight excluding hydrogens is 240 g/mol. The molecule has 1 aliphatic rings. The molecule has 1 aromatic heterocycles. The molecule has 1 fully saturated rings. The first-order valence-electron chi connectivity index (χ1n) is 7.22. The van der Waals surface area contributed by atoms with E-state index in [1.54, 1.807) is 0 Å². The summed E-state index contributed by atoms with van der Waals surface area (Å²) in [5.41, 5.74) is 1.20. The van der Waals surface area contributed by atoms with Crippen molar-refractivity contribution in [3.05, 3.63) is 15.6 Å². The summed E-state index contributed by atoms with van der Waals surface area (Å²) < 4.78 is 0. The molecule has 3 heteroatoms. The van der Waals surface area contributed by atoms with Gasteiger partial charge in [-0.2, -0.15) is 0 Å². The zero-order valence-corrected chi connectivity index (χ0v) is 13.1. The summed E-state index contributed by atoms with van der Waals surface area (Å²) >= 11 is 1.84. The van der Waals surface area contributed by atoms with Gasteiger partial charge in [-0.25, -0.2) is 4.98 Å². The number of aromatic nitrogens is 1. The Morgan fingerprint density at radius 1 is 1.39 bits per heavy atom. The molecule has 0 saturated heterocycles. The average Bonchev–Trinajstić information content (AvgIpc) is 2.83. The van der Waals surface area contributed by atoms with Gasteiger partial charge in [-0.15, -0.1) is 11.3 Å². The van der Waals surface area contributed by atoms with Gasteiger partial charge in [-0.1, -0.05) is 20.3 Å². The van der Waals surface area contributed by atoms with Crippen molar-refractivity contribution in [3.63, 3.8) is 0 Å². The van der Waals surface area contributed by atoms with E-state index in [1.165, 1.54) is 34.8 Å². The van der Waals surface area contributed by atoms with Gasteiger partial charge in [0, 0.05) is 17.0 Å². The fraction of sp³-hybridized carbons (Fsp3) is 0.800. The minimum atomic E-state index is 0.444. The predicted octanol–water partition coefficient (Wildman–Crippen LogP) is 4.24. The molecule has 1 aromatic rings. The number of nitrogens with one attached hydrogen (secondary N) is 1. The third-order valence-electron chi connectivity index (χ3n) is 4.55. The second-order valence-electron chi connectivity index (χ2n) is 5.78. The highest BCUT2D eigenvalue weighted by molar-refractivity contribution is 7.11. The maximum Gasteiger partial charge on any atom is 0.0900 e.